The van der Waals surface area contributed by atoms with Crippen LogP contribution in [0.25, 0.3) is 0 Å². The number of nitrogens with zero attached hydrogens (tertiary/aromatic N) is 3. The van der Waals surface area contributed by atoms with Crippen LogP contribution in [0, 0.1) is 21.4 Å². The highest BCUT2D eigenvalue weighted by molar-refractivity contribution is 6.35. The molecule has 104 valence electrons. The monoisotopic (exact) mass is 301 g/mol. The number of hydrogen-bond acceptors (Lipinski definition) is 5. The largest absolute Gasteiger partial charge is 0.292 e. The number of pyridine rings is 1. The van der Waals surface area contributed by atoms with E-state index in [1.54, 1.807) is 12.1 Å². The Morgan fingerprint density at radius 1 is 1.33 bits per heavy atom. The molecule has 0 bridgehead atoms. The zero-order valence-corrected chi connectivity index (χ0v) is 11.3. The summed E-state index contributed by atoms with van der Waals surface area (Å²) in [5.41, 5.74) is -0.482. The molecule has 0 amide bonds. The first kappa shape index (κ1) is 14.6. The Balaban J connectivity index is 2.54. The summed E-state index contributed by atoms with van der Waals surface area (Å²) in [6.07, 6.45) is 1.44. The molecule has 6 nitrogen and oxygen atoms in total. The Morgan fingerprint density at radius 2 is 2.10 bits per heavy atom. The first-order valence-electron chi connectivity index (χ1n) is 5.84. The summed E-state index contributed by atoms with van der Waals surface area (Å²) >= 11 is 5.90. The van der Waals surface area contributed by atoms with Crippen molar-refractivity contribution in [3.8, 4) is 6.07 Å². The van der Waals surface area contributed by atoms with Gasteiger partial charge in [-0.25, -0.2) is 0 Å². The quantitative estimate of drug-likeness (QED) is 0.491. The van der Waals surface area contributed by atoms with Crippen LogP contribution >= 0.6 is 11.6 Å². The van der Waals surface area contributed by atoms with Gasteiger partial charge in [-0.1, -0.05) is 23.7 Å². The molecular weight excluding hydrogens is 294 g/mol. The standard InChI is InChI=1S/C14H8ClN3O3/c15-10-4-3-6-12(18(20)21)13(10)14(19)9(8-16)11-5-1-2-7-17-11/h1-7,9H. The molecule has 0 spiro atoms. The predicted octanol–water partition coefficient (Wildman–Crippen LogP) is 3.13. The number of nitro benzene ring substituents is 1. The summed E-state index contributed by atoms with van der Waals surface area (Å²) in [6.45, 7) is 0. The molecule has 1 aromatic heterocycles. The summed E-state index contributed by atoms with van der Waals surface area (Å²) < 4.78 is 0. The van der Waals surface area contributed by atoms with Crippen LogP contribution in [-0.4, -0.2) is 15.7 Å². The third kappa shape index (κ3) is 2.88. The van der Waals surface area contributed by atoms with Crippen molar-refractivity contribution in [3.05, 3.63) is 69.0 Å². The lowest BCUT2D eigenvalue weighted by molar-refractivity contribution is -0.385. The summed E-state index contributed by atoms with van der Waals surface area (Å²) in [6, 6.07) is 10.5. The van der Waals surface area contributed by atoms with Crippen LogP contribution in [-0.2, 0) is 0 Å². The van der Waals surface area contributed by atoms with Crippen LogP contribution in [0.2, 0.25) is 5.02 Å². The van der Waals surface area contributed by atoms with Crippen molar-refractivity contribution >= 4 is 23.1 Å². The van der Waals surface area contributed by atoms with E-state index in [4.69, 9.17) is 11.6 Å². The van der Waals surface area contributed by atoms with Gasteiger partial charge in [0.05, 0.1) is 21.7 Å². The fourth-order valence-electron chi connectivity index (χ4n) is 1.86. The van der Waals surface area contributed by atoms with Gasteiger partial charge in [0.15, 0.2) is 11.7 Å². The molecule has 0 saturated carbocycles. The Bertz CT molecular complexity index is 741. The smallest absolute Gasteiger partial charge is 0.281 e. The van der Waals surface area contributed by atoms with Gasteiger partial charge in [0, 0.05) is 12.3 Å². The molecule has 0 N–H and O–H groups in total. The van der Waals surface area contributed by atoms with E-state index in [-0.39, 0.29) is 16.3 Å². The number of carbonyl (C=O) groups excluding carboxylic acids is 1. The maximum absolute atomic E-state index is 12.5. The average molecular weight is 302 g/mol. The van der Waals surface area contributed by atoms with Crippen molar-refractivity contribution in [2.45, 2.75) is 5.92 Å². The van der Waals surface area contributed by atoms with Crippen LogP contribution in [0.1, 0.15) is 22.0 Å². The summed E-state index contributed by atoms with van der Waals surface area (Å²) in [7, 11) is 0. The van der Waals surface area contributed by atoms with E-state index in [1.807, 2.05) is 6.07 Å². The van der Waals surface area contributed by atoms with Crippen LogP contribution in [0.3, 0.4) is 0 Å². The molecule has 0 aliphatic rings. The lowest BCUT2D eigenvalue weighted by atomic mass is 9.94. The molecule has 7 heteroatoms. The van der Waals surface area contributed by atoms with Gasteiger partial charge >= 0.3 is 0 Å². The van der Waals surface area contributed by atoms with Crippen LogP contribution in [0.5, 0.6) is 0 Å². The fraction of sp³-hybridized carbons (Fsp3) is 0.0714. The summed E-state index contributed by atoms with van der Waals surface area (Å²) in [5.74, 6) is -1.99. The molecular formula is C14H8ClN3O3. The van der Waals surface area contributed by atoms with Gasteiger partial charge in [-0.15, -0.1) is 0 Å². The van der Waals surface area contributed by atoms with Crippen molar-refractivity contribution in [2.75, 3.05) is 0 Å². The molecule has 0 aliphatic carbocycles. The molecule has 0 aliphatic heterocycles. The third-order valence-electron chi connectivity index (χ3n) is 2.81. The molecule has 1 atom stereocenters. The topological polar surface area (TPSA) is 96.9 Å². The Kier molecular flexibility index (Phi) is 4.26. The number of aromatic nitrogens is 1. The SMILES string of the molecule is N#CC(C(=O)c1c(Cl)cccc1[N+](=O)[O-])c1ccccn1. The average Bonchev–Trinajstić information content (AvgIpc) is 2.48. The predicted molar refractivity (Wildman–Crippen MR) is 75.0 cm³/mol. The number of rotatable bonds is 4. The first-order chi connectivity index (χ1) is 10.1. The first-order valence-corrected chi connectivity index (χ1v) is 6.21. The number of hydrogen-bond donors (Lipinski definition) is 0. The van der Waals surface area contributed by atoms with Crippen LogP contribution in [0.15, 0.2) is 42.6 Å². The minimum absolute atomic E-state index is 0.0645. The maximum atomic E-state index is 12.5. The molecule has 2 rings (SSSR count). The van der Waals surface area contributed by atoms with E-state index in [0.29, 0.717) is 0 Å². The van der Waals surface area contributed by atoms with Crippen molar-refractivity contribution in [2.24, 2.45) is 0 Å². The van der Waals surface area contributed by atoms with Gasteiger partial charge in [0.2, 0.25) is 0 Å². The molecule has 2 aromatic rings. The number of halogens is 1. The summed E-state index contributed by atoms with van der Waals surface area (Å²) in [5, 5.41) is 20.2. The van der Waals surface area contributed by atoms with E-state index in [9.17, 15) is 20.2 Å². The normalized spacial score (nSPS) is 11.4. The van der Waals surface area contributed by atoms with Gasteiger partial charge in [0.25, 0.3) is 5.69 Å². The molecule has 0 saturated heterocycles. The number of nitro groups is 1. The highest BCUT2D eigenvalue weighted by Crippen LogP contribution is 2.31. The van der Waals surface area contributed by atoms with Gasteiger partial charge in [-0.2, -0.15) is 5.26 Å². The molecule has 0 fully saturated rings. The lowest BCUT2D eigenvalue weighted by Gasteiger charge is -2.09. The molecule has 21 heavy (non-hydrogen) atoms. The molecule has 0 radical (unpaired) electrons. The van der Waals surface area contributed by atoms with E-state index in [2.05, 4.69) is 4.98 Å². The Labute approximate surface area is 124 Å². The van der Waals surface area contributed by atoms with Gasteiger partial charge in [0.1, 0.15) is 5.56 Å². The Hall–Kier alpha value is -2.78. The fourth-order valence-corrected chi connectivity index (χ4v) is 2.12. The number of carbonyl (C=O) groups is 1. The second-order valence-corrected chi connectivity index (χ2v) is 4.48. The van der Waals surface area contributed by atoms with Crippen LogP contribution in [0.4, 0.5) is 5.69 Å². The van der Waals surface area contributed by atoms with Crippen molar-refractivity contribution in [3.63, 3.8) is 0 Å². The van der Waals surface area contributed by atoms with Crippen molar-refractivity contribution < 1.29 is 9.72 Å². The number of ketones is 1. The second-order valence-electron chi connectivity index (χ2n) is 4.07. The van der Waals surface area contributed by atoms with Crippen LogP contribution < -0.4 is 0 Å². The highest BCUT2D eigenvalue weighted by atomic mass is 35.5. The zero-order valence-electron chi connectivity index (χ0n) is 10.6. The maximum Gasteiger partial charge on any atom is 0.281 e. The zero-order chi connectivity index (χ0) is 15.4. The molecule has 1 unspecified atom stereocenters. The minimum atomic E-state index is -1.25. The van der Waals surface area contributed by atoms with Gasteiger partial charge in [-0.05, 0) is 18.2 Å². The van der Waals surface area contributed by atoms with E-state index < -0.39 is 22.3 Å². The van der Waals surface area contributed by atoms with Gasteiger partial charge < -0.3 is 0 Å². The summed E-state index contributed by atoms with van der Waals surface area (Å²) in [4.78, 5) is 26.7. The molecule has 1 heterocycles. The van der Waals surface area contributed by atoms with Crippen molar-refractivity contribution in [1.82, 2.24) is 4.98 Å². The van der Waals surface area contributed by atoms with E-state index in [1.165, 1.54) is 30.5 Å². The number of nitriles is 1. The number of benzene rings is 1. The number of Topliss-reactive ketones (excluding diaryl/α,β-unsaturated/α-hetero) is 1. The second kappa shape index (κ2) is 6.11. The van der Waals surface area contributed by atoms with E-state index >= 15 is 0 Å². The lowest BCUT2D eigenvalue weighted by Crippen LogP contribution is -2.15. The highest BCUT2D eigenvalue weighted by Gasteiger charge is 2.31. The van der Waals surface area contributed by atoms with Gasteiger partial charge in [-0.3, -0.25) is 19.9 Å². The Morgan fingerprint density at radius 3 is 2.67 bits per heavy atom. The minimum Gasteiger partial charge on any atom is -0.292 e. The van der Waals surface area contributed by atoms with Crippen molar-refractivity contribution in [1.29, 1.82) is 5.26 Å². The molecule has 1 aromatic carbocycles. The third-order valence-corrected chi connectivity index (χ3v) is 3.12. The van der Waals surface area contributed by atoms with E-state index in [0.717, 1.165) is 0 Å².